The highest BCUT2D eigenvalue weighted by atomic mass is 32.2. The first kappa shape index (κ1) is 15.5. The molecule has 6 heteroatoms. The summed E-state index contributed by atoms with van der Waals surface area (Å²) in [5, 5.41) is 0. The number of aromatic nitrogens is 1. The van der Waals surface area contributed by atoms with Crippen LogP contribution in [0.25, 0.3) is 0 Å². The highest BCUT2D eigenvalue weighted by molar-refractivity contribution is 7.92. The summed E-state index contributed by atoms with van der Waals surface area (Å²) < 4.78 is 27.3. The van der Waals surface area contributed by atoms with Crippen molar-refractivity contribution in [1.29, 1.82) is 0 Å². The molecular formula is C15H19N3O2S. The zero-order valence-corrected chi connectivity index (χ0v) is 12.9. The van der Waals surface area contributed by atoms with Gasteiger partial charge in [-0.15, -0.1) is 0 Å². The van der Waals surface area contributed by atoms with E-state index in [0.717, 1.165) is 17.7 Å². The number of sulfonamides is 1. The van der Waals surface area contributed by atoms with Crippen LogP contribution in [-0.2, 0) is 16.4 Å². The van der Waals surface area contributed by atoms with E-state index in [2.05, 4.69) is 9.71 Å². The Labute approximate surface area is 125 Å². The number of pyridine rings is 1. The summed E-state index contributed by atoms with van der Waals surface area (Å²) in [6.45, 7) is 4.18. The second-order valence-corrected chi connectivity index (χ2v) is 6.56. The maximum Gasteiger partial charge on any atom is 0.261 e. The quantitative estimate of drug-likeness (QED) is 0.885. The molecule has 0 saturated carbocycles. The number of hydrogen-bond acceptors (Lipinski definition) is 4. The van der Waals surface area contributed by atoms with Crippen LogP contribution in [0.15, 0.2) is 41.3 Å². The van der Waals surface area contributed by atoms with Gasteiger partial charge in [0.05, 0.1) is 16.3 Å². The number of nitrogens with two attached hydrogens (primary N) is 1. The van der Waals surface area contributed by atoms with Crippen molar-refractivity contribution in [1.82, 2.24) is 4.98 Å². The van der Waals surface area contributed by atoms with E-state index in [1.165, 1.54) is 0 Å². The van der Waals surface area contributed by atoms with Crippen LogP contribution in [0.3, 0.4) is 0 Å². The molecule has 5 nitrogen and oxygen atoms in total. The molecule has 2 aromatic rings. The summed E-state index contributed by atoms with van der Waals surface area (Å²) in [4.78, 5) is 4.47. The summed E-state index contributed by atoms with van der Waals surface area (Å²) in [6, 6.07) is 10.2. The Hall–Kier alpha value is -1.92. The fourth-order valence-electron chi connectivity index (χ4n) is 2.00. The van der Waals surface area contributed by atoms with Crippen LogP contribution in [0.2, 0.25) is 0 Å². The van der Waals surface area contributed by atoms with Crippen LogP contribution in [0.4, 0.5) is 5.69 Å². The Morgan fingerprint density at radius 2 is 1.76 bits per heavy atom. The lowest BCUT2D eigenvalue weighted by atomic mass is 10.2. The van der Waals surface area contributed by atoms with Crippen LogP contribution >= 0.6 is 0 Å². The van der Waals surface area contributed by atoms with Crippen LogP contribution in [0.5, 0.6) is 0 Å². The second-order valence-electron chi connectivity index (χ2n) is 4.87. The largest absolute Gasteiger partial charge is 0.330 e. The van der Waals surface area contributed by atoms with Crippen molar-refractivity contribution in [3.63, 3.8) is 0 Å². The minimum absolute atomic E-state index is 0.225. The molecule has 0 aliphatic carbocycles. The Morgan fingerprint density at radius 1 is 1.10 bits per heavy atom. The van der Waals surface area contributed by atoms with Crippen molar-refractivity contribution < 1.29 is 8.42 Å². The lowest BCUT2D eigenvalue weighted by molar-refractivity contribution is 0.601. The predicted octanol–water partition coefficient (Wildman–Crippen LogP) is 2.00. The SMILES string of the molecule is Cc1ccc(NS(=O)(=O)c2ccc(CCN)cc2)c(C)n1. The van der Waals surface area contributed by atoms with E-state index < -0.39 is 10.0 Å². The zero-order chi connectivity index (χ0) is 15.5. The van der Waals surface area contributed by atoms with Crippen molar-refractivity contribution in [3.8, 4) is 0 Å². The van der Waals surface area contributed by atoms with Gasteiger partial charge in [-0.25, -0.2) is 8.42 Å². The first-order valence-corrected chi connectivity index (χ1v) is 8.17. The predicted molar refractivity (Wildman–Crippen MR) is 83.7 cm³/mol. The Kier molecular flexibility index (Phi) is 4.59. The molecule has 0 aliphatic rings. The summed E-state index contributed by atoms with van der Waals surface area (Å²) in [5.74, 6) is 0. The maximum atomic E-state index is 12.3. The summed E-state index contributed by atoms with van der Waals surface area (Å²) in [5.41, 5.74) is 8.49. The van der Waals surface area contributed by atoms with Gasteiger partial charge in [-0.1, -0.05) is 12.1 Å². The average Bonchev–Trinajstić information content (AvgIpc) is 2.43. The monoisotopic (exact) mass is 305 g/mol. The minimum Gasteiger partial charge on any atom is -0.330 e. The average molecular weight is 305 g/mol. The topological polar surface area (TPSA) is 85.1 Å². The summed E-state index contributed by atoms with van der Waals surface area (Å²) in [7, 11) is -3.60. The fourth-order valence-corrected chi connectivity index (χ4v) is 3.12. The molecule has 0 aliphatic heterocycles. The highest BCUT2D eigenvalue weighted by Gasteiger charge is 2.15. The van der Waals surface area contributed by atoms with Crippen molar-refractivity contribution in [2.45, 2.75) is 25.2 Å². The first-order chi connectivity index (χ1) is 9.92. The van der Waals surface area contributed by atoms with E-state index in [1.807, 2.05) is 6.92 Å². The van der Waals surface area contributed by atoms with Crippen LogP contribution in [-0.4, -0.2) is 19.9 Å². The van der Waals surface area contributed by atoms with Gasteiger partial charge in [-0.2, -0.15) is 0 Å². The second kappa shape index (κ2) is 6.24. The molecule has 0 atom stereocenters. The molecule has 0 bridgehead atoms. The molecule has 2 rings (SSSR count). The van der Waals surface area contributed by atoms with Gasteiger partial charge < -0.3 is 5.73 Å². The van der Waals surface area contributed by atoms with E-state index in [9.17, 15) is 8.42 Å². The van der Waals surface area contributed by atoms with Crippen LogP contribution < -0.4 is 10.5 Å². The van der Waals surface area contributed by atoms with Crippen molar-refractivity contribution in [3.05, 3.63) is 53.3 Å². The Balaban J connectivity index is 2.25. The molecule has 1 heterocycles. The van der Waals surface area contributed by atoms with Crippen LogP contribution in [0.1, 0.15) is 17.0 Å². The maximum absolute atomic E-state index is 12.3. The summed E-state index contributed by atoms with van der Waals surface area (Å²) >= 11 is 0. The third kappa shape index (κ3) is 3.80. The lowest BCUT2D eigenvalue weighted by Gasteiger charge is -2.11. The Bertz CT molecular complexity index is 725. The van der Waals surface area contributed by atoms with Gasteiger partial charge in [-0.3, -0.25) is 9.71 Å². The molecule has 112 valence electrons. The van der Waals surface area contributed by atoms with E-state index in [1.54, 1.807) is 43.3 Å². The van der Waals surface area contributed by atoms with Gasteiger partial charge in [0.1, 0.15) is 0 Å². The molecular weight excluding hydrogens is 286 g/mol. The molecule has 0 radical (unpaired) electrons. The molecule has 3 N–H and O–H groups in total. The zero-order valence-electron chi connectivity index (χ0n) is 12.1. The first-order valence-electron chi connectivity index (χ1n) is 6.68. The normalized spacial score (nSPS) is 11.4. The molecule has 21 heavy (non-hydrogen) atoms. The van der Waals surface area contributed by atoms with Gasteiger partial charge in [0.15, 0.2) is 0 Å². The third-order valence-corrected chi connectivity index (χ3v) is 4.52. The molecule has 1 aromatic carbocycles. The van der Waals surface area contributed by atoms with E-state index in [4.69, 9.17) is 5.73 Å². The molecule has 1 aromatic heterocycles. The third-order valence-electron chi connectivity index (χ3n) is 3.14. The number of aryl methyl sites for hydroxylation is 2. The smallest absolute Gasteiger partial charge is 0.261 e. The highest BCUT2D eigenvalue weighted by Crippen LogP contribution is 2.19. The van der Waals surface area contributed by atoms with E-state index in [0.29, 0.717) is 17.9 Å². The molecule has 0 unspecified atom stereocenters. The van der Waals surface area contributed by atoms with Gasteiger partial charge in [0.25, 0.3) is 10.0 Å². The van der Waals surface area contributed by atoms with Crippen LogP contribution in [0, 0.1) is 13.8 Å². The van der Waals surface area contributed by atoms with E-state index >= 15 is 0 Å². The standard InChI is InChI=1S/C15H19N3O2S/c1-11-3-8-15(12(2)17-11)18-21(19,20)14-6-4-13(5-7-14)9-10-16/h3-8,18H,9-10,16H2,1-2H3. The number of rotatable bonds is 5. The number of nitrogens with one attached hydrogen (secondary N) is 1. The molecule has 0 saturated heterocycles. The summed E-state index contributed by atoms with van der Waals surface area (Å²) in [6.07, 6.45) is 0.731. The molecule has 0 fully saturated rings. The van der Waals surface area contributed by atoms with Gasteiger partial charge >= 0.3 is 0 Å². The number of nitrogens with zero attached hydrogens (tertiary/aromatic N) is 1. The van der Waals surface area contributed by atoms with Crippen molar-refractivity contribution in [2.75, 3.05) is 11.3 Å². The van der Waals surface area contributed by atoms with Gasteiger partial charge in [0.2, 0.25) is 0 Å². The fraction of sp³-hybridized carbons (Fsp3) is 0.267. The van der Waals surface area contributed by atoms with Gasteiger partial charge in [0, 0.05) is 5.69 Å². The number of hydrogen-bond donors (Lipinski definition) is 2. The molecule has 0 amide bonds. The van der Waals surface area contributed by atoms with E-state index in [-0.39, 0.29) is 4.90 Å². The number of benzene rings is 1. The van der Waals surface area contributed by atoms with Gasteiger partial charge in [-0.05, 0) is 56.6 Å². The Morgan fingerprint density at radius 3 is 2.33 bits per heavy atom. The van der Waals surface area contributed by atoms with Crippen molar-refractivity contribution >= 4 is 15.7 Å². The number of anilines is 1. The van der Waals surface area contributed by atoms with Crippen molar-refractivity contribution in [2.24, 2.45) is 5.73 Å². The molecule has 0 spiro atoms. The lowest BCUT2D eigenvalue weighted by Crippen LogP contribution is -2.14. The minimum atomic E-state index is -3.60.